The molecule has 0 saturated heterocycles. The van der Waals surface area contributed by atoms with Crippen molar-refractivity contribution < 1.29 is 40.4 Å². The Bertz CT molecular complexity index is 1220. The molecule has 1 amide bonds. The third-order valence-electron chi connectivity index (χ3n) is 5.48. The van der Waals surface area contributed by atoms with Gasteiger partial charge in [0.05, 0.1) is 23.5 Å². The molecule has 14 heteroatoms. The van der Waals surface area contributed by atoms with Gasteiger partial charge < -0.3 is 10.4 Å². The number of halogens is 5. The molecule has 196 valence electrons. The van der Waals surface area contributed by atoms with Gasteiger partial charge in [-0.2, -0.15) is 21.6 Å². The van der Waals surface area contributed by atoms with E-state index in [9.17, 15) is 35.9 Å². The number of nitrogens with zero attached hydrogens (tertiary/aromatic N) is 1. The molecule has 1 fully saturated rings. The van der Waals surface area contributed by atoms with Crippen molar-refractivity contribution in [3.8, 4) is 0 Å². The molecule has 3 rings (SSSR count). The van der Waals surface area contributed by atoms with Crippen LogP contribution >= 0.6 is 11.6 Å². The molecule has 1 aliphatic rings. The van der Waals surface area contributed by atoms with Gasteiger partial charge in [0, 0.05) is 22.2 Å². The van der Waals surface area contributed by atoms with Gasteiger partial charge in [0.15, 0.2) is 0 Å². The van der Waals surface area contributed by atoms with Gasteiger partial charge in [-0.25, -0.2) is 9.38 Å². The molecule has 0 bridgehead atoms. The van der Waals surface area contributed by atoms with Crippen molar-refractivity contribution in [2.75, 3.05) is 11.1 Å². The third-order valence-corrected chi connectivity index (χ3v) is 6.55. The molecule has 1 aliphatic carbocycles. The number of anilines is 1. The fourth-order valence-electron chi connectivity index (χ4n) is 3.82. The second kappa shape index (κ2) is 11.1. The van der Waals surface area contributed by atoms with E-state index in [1.54, 1.807) is 0 Å². The Hall–Kier alpha value is -2.74. The summed E-state index contributed by atoms with van der Waals surface area (Å²) in [5.74, 6) is -3.21. The van der Waals surface area contributed by atoms with Gasteiger partial charge >= 0.3 is 6.18 Å². The molecule has 4 N–H and O–H groups in total. The first-order chi connectivity index (χ1) is 16.7. The lowest BCUT2D eigenvalue weighted by molar-refractivity contribution is -0.137. The Morgan fingerprint density at radius 1 is 1.14 bits per heavy atom. The Balaban J connectivity index is 1.86. The number of aliphatic hydroxyl groups excluding tert-OH is 1. The van der Waals surface area contributed by atoms with Crippen LogP contribution in [0.25, 0.3) is 0 Å². The van der Waals surface area contributed by atoms with Crippen molar-refractivity contribution in [2.45, 2.75) is 37.6 Å². The fourth-order valence-corrected chi connectivity index (χ4v) is 4.94. The lowest BCUT2D eigenvalue weighted by Gasteiger charge is -2.31. The molecule has 0 aliphatic heterocycles. The Labute approximate surface area is 209 Å². The summed E-state index contributed by atoms with van der Waals surface area (Å²) in [5.41, 5.74) is -0.944. The average Bonchev–Trinajstić information content (AvgIpc) is 2.74. The van der Waals surface area contributed by atoms with Gasteiger partial charge in [-0.3, -0.25) is 14.7 Å². The lowest BCUT2D eigenvalue weighted by atomic mass is 9.85. The van der Waals surface area contributed by atoms with Crippen molar-refractivity contribution in [3.05, 3.63) is 64.4 Å². The highest BCUT2D eigenvalue weighted by Gasteiger charge is 2.33. The number of alkyl halides is 3. The van der Waals surface area contributed by atoms with Crippen molar-refractivity contribution in [2.24, 2.45) is 10.9 Å². The average molecular weight is 552 g/mol. The SMILES string of the molecule is O=C(NC(=N[C@@H]1CC[C@@H](O)C(CS(=O)(=O)O)C1)Nc1cc(F)cc(Cl)c1)c1ccc(C(F)(F)F)cc1. The summed E-state index contributed by atoms with van der Waals surface area (Å²) in [6.45, 7) is 0. The van der Waals surface area contributed by atoms with Crippen molar-refractivity contribution >= 4 is 39.3 Å². The summed E-state index contributed by atoms with van der Waals surface area (Å²) in [6.07, 6.45) is -5.05. The molecular formula is C22H22ClF4N3O5S. The zero-order chi connectivity index (χ0) is 26.7. The van der Waals surface area contributed by atoms with E-state index in [4.69, 9.17) is 16.2 Å². The van der Waals surface area contributed by atoms with E-state index in [1.165, 1.54) is 6.07 Å². The normalized spacial score (nSPS) is 21.2. The Kier molecular flexibility index (Phi) is 8.59. The summed E-state index contributed by atoms with van der Waals surface area (Å²) in [4.78, 5) is 17.1. The number of benzene rings is 2. The maximum absolute atomic E-state index is 13.8. The maximum atomic E-state index is 13.8. The van der Waals surface area contributed by atoms with E-state index in [1.807, 2.05) is 0 Å². The number of aliphatic imine (C=N–C) groups is 1. The number of carbonyl (C=O) groups excluding carboxylic acids is 1. The van der Waals surface area contributed by atoms with E-state index in [2.05, 4.69) is 15.6 Å². The van der Waals surface area contributed by atoms with E-state index >= 15 is 0 Å². The van der Waals surface area contributed by atoms with Crippen LogP contribution in [0.2, 0.25) is 5.02 Å². The van der Waals surface area contributed by atoms with E-state index in [0.717, 1.165) is 36.4 Å². The first-order valence-corrected chi connectivity index (χ1v) is 12.6. The lowest BCUT2D eigenvalue weighted by Crippen LogP contribution is -2.40. The van der Waals surface area contributed by atoms with Crippen LogP contribution in [0.5, 0.6) is 0 Å². The van der Waals surface area contributed by atoms with Crippen LogP contribution in [0.3, 0.4) is 0 Å². The molecule has 0 radical (unpaired) electrons. The molecule has 0 aromatic heterocycles. The number of hydrogen-bond acceptors (Lipinski definition) is 5. The monoisotopic (exact) mass is 551 g/mol. The minimum Gasteiger partial charge on any atom is -0.393 e. The second-order valence-corrected chi connectivity index (χ2v) is 10.3. The van der Waals surface area contributed by atoms with Crippen LogP contribution in [-0.4, -0.2) is 47.8 Å². The summed E-state index contributed by atoms with van der Waals surface area (Å²) in [7, 11) is -4.37. The number of hydrogen-bond donors (Lipinski definition) is 4. The molecule has 3 atom stereocenters. The predicted octanol–water partition coefficient (Wildman–Crippen LogP) is 4.11. The standard InChI is InChI=1S/C22H22ClF4N3O5S/c23-15-8-16(24)10-18(9-15)29-21(28-17-5-6-19(31)13(7-17)11-36(33,34)35)30-20(32)12-1-3-14(4-2-12)22(25,26)27/h1-4,8-10,13,17,19,31H,5-7,11H2,(H,33,34,35)(H2,28,29,30,32)/t13?,17-,19-/m1/s1. The molecule has 2 aromatic rings. The van der Waals surface area contributed by atoms with Crippen molar-refractivity contribution in [3.63, 3.8) is 0 Å². The van der Waals surface area contributed by atoms with Crippen LogP contribution in [-0.2, 0) is 16.3 Å². The minimum absolute atomic E-state index is 0.0416. The minimum atomic E-state index is -4.58. The van der Waals surface area contributed by atoms with E-state index in [0.29, 0.717) is 6.42 Å². The van der Waals surface area contributed by atoms with Gasteiger partial charge in [0.25, 0.3) is 16.0 Å². The zero-order valence-electron chi connectivity index (χ0n) is 18.5. The number of amides is 1. The predicted molar refractivity (Wildman–Crippen MR) is 125 cm³/mol. The van der Waals surface area contributed by atoms with Gasteiger partial charge in [-0.1, -0.05) is 11.6 Å². The molecule has 1 unspecified atom stereocenters. The van der Waals surface area contributed by atoms with Gasteiger partial charge in [-0.15, -0.1) is 0 Å². The summed E-state index contributed by atoms with van der Waals surface area (Å²) in [5, 5.41) is 15.3. The van der Waals surface area contributed by atoms with Crippen LogP contribution in [0.1, 0.15) is 35.2 Å². The highest BCUT2D eigenvalue weighted by Crippen LogP contribution is 2.30. The number of rotatable bonds is 5. The fraction of sp³-hybridized carbons (Fsp3) is 0.364. The number of guanidine groups is 1. The number of carbonyl (C=O) groups is 1. The third kappa shape index (κ3) is 8.15. The summed E-state index contributed by atoms with van der Waals surface area (Å²) >= 11 is 5.87. The second-order valence-electron chi connectivity index (χ2n) is 8.33. The molecule has 0 heterocycles. The van der Waals surface area contributed by atoms with Gasteiger partial charge in [-0.05, 0) is 61.7 Å². The largest absolute Gasteiger partial charge is 0.416 e. The molecule has 0 spiro atoms. The van der Waals surface area contributed by atoms with Gasteiger partial charge in [0.1, 0.15) is 5.82 Å². The van der Waals surface area contributed by atoms with E-state index in [-0.39, 0.29) is 35.1 Å². The molecule has 1 saturated carbocycles. The van der Waals surface area contributed by atoms with Crippen LogP contribution in [0.4, 0.5) is 23.2 Å². The smallest absolute Gasteiger partial charge is 0.393 e. The number of aliphatic hydroxyl groups is 1. The Morgan fingerprint density at radius 2 is 1.81 bits per heavy atom. The van der Waals surface area contributed by atoms with Crippen molar-refractivity contribution in [1.29, 1.82) is 0 Å². The highest BCUT2D eigenvalue weighted by molar-refractivity contribution is 7.85. The zero-order valence-corrected chi connectivity index (χ0v) is 20.0. The van der Waals surface area contributed by atoms with Gasteiger partial charge in [0.2, 0.25) is 5.96 Å². The molecule has 2 aromatic carbocycles. The maximum Gasteiger partial charge on any atom is 0.416 e. The van der Waals surface area contributed by atoms with Crippen molar-refractivity contribution in [1.82, 2.24) is 5.32 Å². The van der Waals surface area contributed by atoms with Crippen LogP contribution in [0, 0.1) is 11.7 Å². The summed E-state index contributed by atoms with van der Waals surface area (Å²) < 4.78 is 84.0. The molecule has 8 nitrogen and oxygen atoms in total. The first-order valence-electron chi connectivity index (χ1n) is 10.6. The topological polar surface area (TPSA) is 128 Å². The Morgan fingerprint density at radius 3 is 2.39 bits per heavy atom. The summed E-state index contributed by atoms with van der Waals surface area (Å²) in [6, 6.07) is 6.30. The molecular weight excluding hydrogens is 530 g/mol. The van der Waals surface area contributed by atoms with Crippen LogP contribution < -0.4 is 10.6 Å². The first kappa shape index (κ1) is 27.8. The quantitative estimate of drug-likeness (QED) is 0.192. The molecule has 36 heavy (non-hydrogen) atoms. The van der Waals surface area contributed by atoms with Crippen LogP contribution in [0.15, 0.2) is 47.5 Å². The van der Waals surface area contributed by atoms with E-state index < -0.39 is 57.4 Å². The highest BCUT2D eigenvalue weighted by atomic mass is 35.5. The number of nitrogens with one attached hydrogen (secondary N) is 2.